The Labute approximate surface area is 127 Å². The highest BCUT2D eigenvalue weighted by Crippen LogP contribution is 2.30. The summed E-state index contributed by atoms with van der Waals surface area (Å²) in [6.45, 7) is 6.50. The minimum absolute atomic E-state index is 0.139. The molecule has 1 heterocycles. The first-order valence-corrected chi connectivity index (χ1v) is 9.07. The molecule has 1 aliphatic rings. The van der Waals surface area contributed by atoms with E-state index in [1.165, 1.54) is 0 Å². The number of alkyl halides is 1. The average Bonchev–Trinajstić information content (AvgIpc) is 2.87. The van der Waals surface area contributed by atoms with Crippen LogP contribution in [-0.2, 0) is 15.9 Å². The van der Waals surface area contributed by atoms with Crippen molar-refractivity contribution in [1.82, 2.24) is 4.31 Å². The van der Waals surface area contributed by atoms with Gasteiger partial charge in [0.25, 0.3) is 0 Å². The Morgan fingerprint density at radius 1 is 1.30 bits per heavy atom. The molecule has 0 saturated carbocycles. The number of aryl methyl sites for hydroxylation is 2. The van der Waals surface area contributed by atoms with Crippen LogP contribution in [0.5, 0.6) is 0 Å². The maximum absolute atomic E-state index is 12.9. The molecule has 0 aromatic heterocycles. The second-order valence-corrected chi connectivity index (χ2v) is 7.62. The fraction of sp³-hybridized carbons (Fsp3) is 0.600. The summed E-state index contributed by atoms with van der Waals surface area (Å²) in [6.07, 6.45) is 2.78. The van der Waals surface area contributed by atoms with Gasteiger partial charge in [0, 0.05) is 18.5 Å². The first-order valence-electron chi connectivity index (χ1n) is 7.09. The van der Waals surface area contributed by atoms with Crippen molar-refractivity contribution in [1.29, 1.82) is 0 Å². The first kappa shape index (κ1) is 15.8. The average molecular weight is 316 g/mol. The van der Waals surface area contributed by atoms with Gasteiger partial charge in [0.2, 0.25) is 10.0 Å². The lowest BCUT2D eigenvalue weighted by Gasteiger charge is -2.24. The van der Waals surface area contributed by atoms with Gasteiger partial charge in [-0.05, 0) is 55.9 Å². The molecule has 20 heavy (non-hydrogen) atoms. The van der Waals surface area contributed by atoms with Crippen molar-refractivity contribution in [2.45, 2.75) is 56.9 Å². The van der Waals surface area contributed by atoms with Crippen molar-refractivity contribution in [2.24, 2.45) is 0 Å². The smallest absolute Gasteiger partial charge is 0.207 e. The minimum Gasteiger partial charge on any atom is -0.207 e. The third kappa shape index (κ3) is 2.74. The van der Waals surface area contributed by atoms with E-state index in [1.807, 2.05) is 26.8 Å². The number of hydrogen-bond acceptors (Lipinski definition) is 2. The lowest BCUT2D eigenvalue weighted by molar-refractivity contribution is 0.379. The molecule has 112 valence electrons. The molecule has 1 aromatic rings. The number of sulfonamides is 1. The van der Waals surface area contributed by atoms with Crippen LogP contribution < -0.4 is 0 Å². The van der Waals surface area contributed by atoms with E-state index in [2.05, 4.69) is 0 Å². The van der Waals surface area contributed by atoms with Gasteiger partial charge in [-0.15, -0.1) is 11.6 Å². The largest absolute Gasteiger partial charge is 0.243 e. The summed E-state index contributed by atoms with van der Waals surface area (Å²) in [5.74, 6) is 0.339. The second kappa shape index (κ2) is 6.04. The number of nitrogens with zero attached hydrogens (tertiary/aromatic N) is 1. The van der Waals surface area contributed by atoms with Crippen LogP contribution in [0.3, 0.4) is 0 Å². The number of hydrogen-bond donors (Lipinski definition) is 0. The molecule has 1 aromatic carbocycles. The van der Waals surface area contributed by atoms with Crippen molar-refractivity contribution in [2.75, 3.05) is 6.54 Å². The number of benzene rings is 1. The molecule has 1 aliphatic heterocycles. The lowest BCUT2D eigenvalue weighted by atomic mass is 10.1. The zero-order valence-corrected chi connectivity index (χ0v) is 13.9. The summed E-state index contributed by atoms with van der Waals surface area (Å²) in [6, 6.07) is 3.81. The number of halogens is 1. The van der Waals surface area contributed by atoms with Crippen LogP contribution in [0.1, 0.15) is 42.9 Å². The molecule has 1 atom stereocenters. The molecular formula is C15H22ClNO2S. The monoisotopic (exact) mass is 315 g/mol. The maximum atomic E-state index is 12.9. The van der Waals surface area contributed by atoms with Crippen LogP contribution in [0.2, 0.25) is 0 Å². The molecule has 1 fully saturated rings. The fourth-order valence-corrected chi connectivity index (χ4v) is 5.27. The van der Waals surface area contributed by atoms with Gasteiger partial charge in [0.15, 0.2) is 0 Å². The van der Waals surface area contributed by atoms with Crippen LogP contribution in [0.25, 0.3) is 0 Å². The van der Waals surface area contributed by atoms with Gasteiger partial charge in [-0.25, -0.2) is 8.42 Å². The molecule has 2 rings (SSSR count). The molecular weight excluding hydrogens is 294 g/mol. The molecule has 3 nitrogen and oxygen atoms in total. The summed E-state index contributed by atoms with van der Waals surface area (Å²) in [5, 5.41) is 0. The van der Waals surface area contributed by atoms with Gasteiger partial charge < -0.3 is 0 Å². The fourth-order valence-electron chi connectivity index (χ4n) is 2.96. The Hall–Kier alpha value is -0.580. The third-order valence-corrected chi connectivity index (χ3v) is 6.54. The molecule has 0 radical (unpaired) electrons. The van der Waals surface area contributed by atoms with Crippen LogP contribution in [0.15, 0.2) is 17.0 Å². The van der Waals surface area contributed by atoms with Crippen LogP contribution in [0, 0.1) is 13.8 Å². The predicted molar refractivity (Wildman–Crippen MR) is 82.7 cm³/mol. The lowest BCUT2D eigenvalue weighted by Crippen LogP contribution is -2.35. The van der Waals surface area contributed by atoms with Crippen molar-refractivity contribution < 1.29 is 8.42 Å². The molecule has 1 saturated heterocycles. The van der Waals surface area contributed by atoms with Gasteiger partial charge in [0.05, 0.1) is 4.90 Å². The Kier molecular flexibility index (Phi) is 4.77. The van der Waals surface area contributed by atoms with Gasteiger partial charge in [-0.2, -0.15) is 4.31 Å². The highest BCUT2D eigenvalue weighted by molar-refractivity contribution is 7.89. The Morgan fingerprint density at radius 2 is 2.00 bits per heavy atom. The summed E-state index contributed by atoms with van der Waals surface area (Å²) in [5.41, 5.74) is 2.74. The van der Waals surface area contributed by atoms with E-state index in [1.54, 1.807) is 10.4 Å². The molecule has 0 amide bonds. The standard InChI is InChI=1S/C15H22ClNO2S/c1-4-14-6-5-7-17(14)20(18,19)15-9-13(10-16)11(2)8-12(15)3/h8-9,14H,4-7,10H2,1-3H3. The minimum atomic E-state index is -3.41. The molecule has 5 heteroatoms. The van der Waals surface area contributed by atoms with Gasteiger partial charge in [-0.3, -0.25) is 0 Å². The van der Waals surface area contributed by atoms with Crippen molar-refractivity contribution in [3.8, 4) is 0 Å². The highest BCUT2D eigenvalue weighted by atomic mass is 35.5. The topological polar surface area (TPSA) is 37.4 Å². The Morgan fingerprint density at radius 3 is 2.60 bits per heavy atom. The van der Waals surface area contributed by atoms with E-state index in [-0.39, 0.29) is 6.04 Å². The second-order valence-electron chi connectivity index (χ2n) is 5.50. The molecule has 0 N–H and O–H groups in total. The Bertz CT molecular complexity index is 598. The van der Waals surface area contributed by atoms with E-state index < -0.39 is 10.0 Å². The van der Waals surface area contributed by atoms with E-state index in [4.69, 9.17) is 11.6 Å². The quantitative estimate of drug-likeness (QED) is 0.796. The van der Waals surface area contributed by atoms with Crippen molar-refractivity contribution in [3.63, 3.8) is 0 Å². The molecule has 0 bridgehead atoms. The van der Waals surface area contributed by atoms with Crippen molar-refractivity contribution in [3.05, 3.63) is 28.8 Å². The first-order chi connectivity index (χ1) is 9.41. The zero-order chi connectivity index (χ0) is 14.9. The zero-order valence-electron chi connectivity index (χ0n) is 12.3. The molecule has 1 unspecified atom stereocenters. The van der Waals surface area contributed by atoms with E-state index in [0.29, 0.717) is 17.3 Å². The van der Waals surface area contributed by atoms with Crippen LogP contribution in [-0.4, -0.2) is 25.3 Å². The third-order valence-electron chi connectivity index (χ3n) is 4.16. The van der Waals surface area contributed by atoms with Gasteiger partial charge >= 0.3 is 0 Å². The van der Waals surface area contributed by atoms with E-state index in [0.717, 1.165) is 36.0 Å². The summed E-state index contributed by atoms with van der Waals surface area (Å²) >= 11 is 5.91. The SMILES string of the molecule is CCC1CCCN1S(=O)(=O)c1cc(CCl)c(C)cc1C. The van der Waals surface area contributed by atoms with Gasteiger partial charge in [0.1, 0.15) is 0 Å². The maximum Gasteiger partial charge on any atom is 0.243 e. The van der Waals surface area contributed by atoms with E-state index in [9.17, 15) is 8.42 Å². The normalized spacial score (nSPS) is 20.5. The summed E-state index contributed by atoms with van der Waals surface area (Å²) in [7, 11) is -3.41. The van der Waals surface area contributed by atoms with Gasteiger partial charge in [-0.1, -0.05) is 13.0 Å². The number of rotatable bonds is 4. The van der Waals surface area contributed by atoms with E-state index >= 15 is 0 Å². The van der Waals surface area contributed by atoms with Crippen molar-refractivity contribution >= 4 is 21.6 Å². The molecule has 0 aliphatic carbocycles. The predicted octanol–water partition coefficient (Wildman–Crippen LogP) is 3.61. The summed E-state index contributed by atoms with van der Waals surface area (Å²) < 4.78 is 27.4. The van der Waals surface area contributed by atoms with Crippen LogP contribution >= 0.6 is 11.6 Å². The summed E-state index contributed by atoms with van der Waals surface area (Å²) in [4.78, 5) is 0.416. The Balaban J connectivity index is 2.49. The highest BCUT2D eigenvalue weighted by Gasteiger charge is 2.35. The van der Waals surface area contributed by atoms with Crippen LogP contribution in [0.4, 0.5) is 0 Å². The molecule has 0 spiro atoms.